The molecule has 0 bridgehead atoms. The van der Waals surface area contributed by atoms with E-state index in [1.807, 2.05) is 13.8 Å². The van der Waals surface area contributed by atoms with Gasteiger partial charge in [0.05, 0.1) is 10.7 Å². The smallest absolute Gasteiger partial charge is 0.263 e. The number of aryl methyl sites for hydroxylation is 2. The highest BCUT2D eigenvalue weighted by atomic mass is 32.1. The van der Waals surface area contributed by atoms with Gasteiger partial charge in [0.2, 0.25) is 0 Å². The Labute approximate surface area is 100 Å². The molecule has 1 heterocycles. The van der Waals surface area contributed by atoms with Crippen molar-refractivity contribution in [1.82, 2.24) is 15.6 Å². The van der Waals surface area contributed by atoms with E-state index < -0.39 is 0 Å². The number of amides is 1. The fourth-order valence-electron chi connectivity index (χ4n) is 1.36. The highest BCUT2D eigenvalue weighted by molar-refractivity contribution is 7.13. The number of aromatic nitrogens is 1. The Hall–Kier alpha value is -0.940. The van der Waals surface area contributed by atoms with Gasteiger partial charge in [-0.15, -0.1) is 11.3 Å². The maximum atomic E-state index is 11.8. The van der Waals surface area contributed by atoms with Gasteiger partial charge in [0.15, 0.2) is 0 Å². The van der Waals surface area contributed by atoms with E-state index in [4.69, 9.17) is 0 Å². The Balaban J connectivity index is 2.38. The molecule has 0 radical (unpaired) electrons. The van der Waals surface area contributed by atoms with Crippen molar-refractivity contribution >= 4 is 17.2 Å². The van der Waals surface area contributed by atoms with E-state index in [9.17, 15) is 4.79 Å². The second-order valence-corrected chi connectivity index (χ2v) is 5.22. The van der Waals surface area contributed by atoms with Crippen molar-refractivity contribution in [2.75, 3.05) is 13.1 Å². The van der Waals surface area contributed by atoms with Crippen LogP contribution >= 0.6 is 11.3 Å². The summed E-state index contributed by atoms with van der Waals surface area (Å²) >= 11 is 1.44. The molecule has 4 nitrogen and oxygen atoms in total. The van der Waals surface area contributed by atoms with Crippen molar-refractivity contribution in [2.45, 2.75) is 33.7 Å². The predicted molar refractivity (Wildman–Crippen MR) is 67.1 cm³/mol. The average molecular weight is 241 g/mol. The van der Waals surface area contributed by atoms with E-state index in [1.165, 1.54) is 11.3 Å². The summed E-state index contributed by atoms with van der Waals surface area (Å²) in [5.41, 5.74) is 0.816. The summed E-state index contributed by atoms with van der Waals surface area (Å²) in [5.74, 6) is -0.0198. The Kier molecular flexibility index (Phi) is 4.89. The van der Waals surface area contributed by atoms with Crippen molar-refractivity contribution in [3.8, 4) is 0 Å². The van der Waals surface area contributed by atoms with Crippen LogP contribution in [0, 0.1) is 13.8 Å². The van der Waals surface area contributed by atoms with Crippen LogP contribution in [-0.2, 0) is 0 Å². The van der Waals surface area contributed by atoms with Gasteiger partial charge in [-0.05, 0) is 13.8 Å². The van der Waals surface area contributed by atoms with E-state index in [2.05, 4.69) is 29.5 Å². The van der Waals surface area contributed by atoms with Gasteiger partial charge in [0.25, 0.3) is 5.91 Å². The van der Waals surface area contributed by atoms with E-state index in [1.54, 1.807) is 0 Å². The zero-order valence-corrected chi connectivity index (χ0v) is 11.1. The van der Waals surface area contributed by atoms with Crippen molar-refractivity contribution < 1.29 is 4.79 Å². The lowest BCUT2D eigenvalue weighted by Gasteiger charge is -2.08. The topological polar surface area (TPSA) is 54.0 Å². The molecule has 0 saturated heterocycles. The van der Waals surface area contributed by atoms with E-state index in [0.717, 1.165) is 22.1 Å². The number of carbonyl (C=O) groups excluding carboxylic acids is 1. The molecule has 0 aliphatic carbocycles. The minimum absolute atomic E-state index is 0.0198. The Morgan fingerprint density at radius 1 is 1.38 bits per heavy atom. The van der Waals surface area contributed by atoms with Crippen LogP contribution in [0.1, 0.15) is 34.2 Å². The van der Waals surface area contributed by atoms with Gasteiger partial charge in [0.1, 0.15) is 4.88 Å². The van der Waals surface area contributed by atoms with Crippen LogP contribution in [0.4, 0.5) is 0 Å². The summed E-state index contributed by atoms with van der Waals surface area (Å²) < 4.78 is 0. The molecule has 0 saturated carbocycles. The van der Waals surface area contributed by atoms with Gasteiger partial charge < -0.3 is 10.6 Å². The van der Waals surface area contributed by atoms with Crippen LogP contribution in [0.5, 0.6) is 0 Å². The predicted octanol–water partition coefficient (Wildman–Crippen LogP) is 1.49. The molecule has 1 rings (SSSR count). The quantitative estimate of drug-likeness (QED) is 0.768. The number of hydrogen-bond acceptors (Lipinski definition) is 4. The molecule has 0 aliphatic rings. The number of nitrogens with one attached hydrogen (secondary N) is 2. The molecule has 1 aromatic heterocycles. The number of thiazole rings is 1. The van der Waals surface area contributed by atoms with Crippen LogP contribution < -0.4 is 10.6 Å². The van der Waals surface area contributed by atoms with Crippen LogP contribution in [0.25, 0.3) is 0 Å². The zero-order chi connectivity index (χ0) is 12.1. The van der Waals surface area contributed by atoms with Crippen molar-refractivity contribution in [2.24, 2.45) is 0 Å². The third-order valence-electron chi connectivity index (χ3n) is 2.07. The van der Waals surface area contributed by atoms with Gasteiger partial charge in [-0.1, -0.05) is 13.8 Å². The molecule has 0 aliphatic heterocycles. The minimum atomic E-state index is -0.0198. The highest BCUT2D eigenvalue weighted by Gasteiger charge is 2.12. The Bertz CT molecular complexity index is 360. The summed E-state index contributed by atoms with van der Waals surface area (Å²) in [6.45, 7) is 9.38. The largest absolute Gasteiger partial charge is 0.350 e. The molecule has 1 amide bonds. The molecule has 0 unspecified atom stereocenters. The maximum Gasteiger partial charge on any atom is 0.263 e. The number of rotatable bonds is 5. The normalized spacial score (nSPS) is 10.8. The number of nitrogens with zero attached hydrogens (tertiary/aromatic N) is 1. The SMILES string of the molecule is Cc1nc(C)c(C(=O)NCCNC(C)C)s1. The lowest BCUT2D eigenvalue weighted by molar-refractivity contribution is 0.0957. The fourth-order valence-corrected chi connectivity index (χ4v) is 2.20. The first-order chi connectivity index (χ1) is 7.50. The second kappa shape index (κ2) is 5.96. The van der Waals surface area contributed by atoms with Crippen LogP contribution in [0.3, 0.4) is 0 Å². The standard InChI is InChI=1S/C11H19N3OS/c1-7(2)12-5-6-13-11(15)10-8(3)14-9(4)16-10/h7,12H,5-6H2,1-4H3,(H,13,15). The molecule has 0 atom stereocenters. The van der Waals surface area contributed by atoms with Crippen molar-refractivity contribution in [3.63, 3.8) is 0 Å². The molecular formula is C11H19N3OS. The number of carbonyl (C=O) groups is 1. The molecule has 0 fully saturated rings. The first-order valence-electron chi connectivity index (χ1n) is 5.46. The number of hydrogen-bond donors (Lipinski definition) is 2. The van der Waals surface area contributed by atoms with Crippen molar-refractivity contribution in [3.05, 3.63) is 15.6 Å². The molecule has 1 aromatic rings. The van der Waals surface area contributed by atoms with Gasteiger partial charge in [-0.25, -0.2) is 4.98 Å². The molecule has 0 aromatic carbocycles. The minimum Gasteiger partial charge on any atom is -0.350 e. The lowest BCUT2D eigenvalue weighted by atomic mass is 10.3. The van der Waals surface area contributed by atoms with Crippen LogP contribution in [-0.4, -0.2) is 30.0 Å². The van der Waals surface area contributed by atoms with Gasteiger partial charge >= 0.3 is 0 Å². The molecule has 90 valence electrons. The van der Waals surface area contributed by atoms with E-state index in [0.29, 0.717) is 12.6 Å². The van der Waals surface area contributed by atoms with E-state index >= 15 is 0 Å². The molecule has 2 N–H and O–H groups in total. The first kappa shape index (κ1) is 13.1. The van der Waals surface area contributed by atoms with E-state index in [-0.39, 0.29) is 5.91 Å². The van der Waals surface area contributed by atoms with Crippen LogP contribution in [0.15, 0.2) is 0 Å². The first-order valence-corrected chi connectivity index (χ1v) is 6.28. The van der Waals surface area contributed by atoms with Gasteiger partial charge in [-0.3, -0.25) is 4.79 Å². The monoisotopic (exact) mass is 241 g/mol. The molecular weight excluding hydrogens is 222 g/mol. The summed E-state index contributed by atoms with van der Waals surface area (Å²) in [7, 11) is 0. The summed E-state index contributed by atoms with van der Waals surface area (Å²) in [6, 6.07) is 0.448. The fraction of sp³-hybridized carbons (Fsp3) is 0.636. The Morgan fingerprint density at radius 3 is 2.56 bits per heavy atom. The highest BCUT2D eigenvalue weighted by Crippen LogP contribution is 2.16. The van der Waals surface area contributed by atoms with Crippen LogP contribution in [0.2, 0.25) is 0 Å². The molecule has 0 spiro atoms. The second-order valence-electron chi connectivity index (χ2n) is 4.01. The molecule has 5 heteroatoms. The maximum absolute atomic E-state index is 11.8. The third kappa shape index (κ3) is 3.90. The summed E-state index contributed by atoms with van der Waals surface area (Å²) in [4.78, 5) is 16.7. The van der Waals surface area contributed by atoms with Gasteiger partial charge in [0, 0.05) is 19.1 Å². The molecule has 16 heavy (non-hydrogen) atoms. The third-order valence-corrected chi connectivity index (χ3v) is 3.14. The zero-order valence-electron chi connectivity index (χ0n) is 10.3. The van der Waals surface area contributed by atoms with Gasteiger partial charge in [-0.2, -0.15) is 0 Å². The average Bonchev–Trinajstić information content (AvgIpc) is 2.52. The van der Waals surface area contributed by atoms with Crippen molar-refractivity contribution in [1.29, 1.82) is 0 Å². The lowest BCUT2D eigenvalue weighted by Crippen LogP contribution is -2.34. The Morgan fingerprint density at radius 2 is 2.06 bits per heavy atom. The summed E-state index contributed by atoms with van der Waals surface area (Å²) in [5, 5.41) is 7.06. The summed E-state index contributed by atoms with van der Waals surface area (Å²) in [6.07, 6.45) is 0.